The molecule has 0 aromatic heterocycles. The summed E-state index contributed by atoms with van der Waals surface area (Å²) in [6.45, 7) is 2.31. The van der Waals surface area contributed by atoms with Gasteiger partial charge in [-0.1, -0.05) is 18.8 Å². The highest BCUT2D eigenvalue weighted by molar-refractivity contribution is 5.89. The fourth-order valence-corrected chi connectivity index (χ4v) is 2.45. The summed E-state index contributed by atoms with van der Waals surface area (Å²) in [5.41, 5.74) is 1.39. The number of hydrogen-bond acceptors (Lipinski definition) is 2. The van der Waals surface area contributed by atoms with E-state index in [2.05, 4.69) is 35.3 Å². The Kier molecular flexibility index (Phi) is 5.47. The maximum absolute atomic E-state index is 11.3. The van der Waals surface area contributed by atoms with Gasteiger partial charge in [0.2, 0.25) is 0 Å². The van der Waals surface area contributed by atoms with Crippen molar-refractivity contribution in [2.24, 2.45) is 11.8 Å². The number of ether oxygens (including phenoxy) is 1. The Balaban J connectivity index is 1.92. The van der Waals surface area contributed by atoms with E-state index in [0.29, 0.717) is 11.5 Å². The van der Waals surface area contributed by atoms with Gasteiger partial charge in [-0.3, -0.25) is 0 Å². The Bertz CT molecular complexity index is 597. The zero-order chi connectivity index (χ0) is 15.1. The molecule has 0 atom stereocenters. The van der Waals surface area contributed by atoms with Gasteiger partial charge in [0.1, 0.15) is 0 Å². The highest BCUT2D eigenvalue weighted by Gasteiger charge is 2.15. The third-order valence-corrected chi connectivity index (χ3v) is 3.87. The van der Waals surface area contributed by atoms with Crippen LogP contribution in [0.4, 0.5) is 0 Å². The molecule has 2 heteroatoms. The second kappa shape index (κ2) is 7.55. The van der Waals surface area contributed by atoms with Crippen LogP contribution in [0.5, 0.6) is 0 Å². The van der Waals surface area contributed by atoms with Gasteiger partial charge < -0.3 is 4.74 Å². The standard InChI is InChI=1S/C19H20O2/c1-15-7-9-16(10-8-15)5-3-4-6-17-11-13-18(14-12-17)19(20)21-2/h11-16H,7-10H2,1-2H3/t15-,16+. The van der Waals surface area contributed by atoms with E-state index in [-0.39, 0.29) is 5.97 Å². The van der Waals surface area contributed by atoms with E-state index in [1.54, 1.807) is 12.1 Å². The molecule has 0 radical (unpaired) electrons. The van der Waals surface area contributed by atoms with E-state index < -0.39 is 0 Å². The van der Waals surface area contributed by atoms with E-state index in [9.17, 15) is 4.79 Å². The van der Waals surface area contributed by atoms with Crippen molar-refractivity contribution >= 4 is 5.97 Å². The molecule has 1 saturated carbocycles. The topological polar surface area (TPSA) is 26.3 Å². The number of hydrogen-bond donors (Lipinski definition) is 0. The molecule has 0 aliphatic heterocycles. The minimum absolute atomic E-state index is 0.333. The van der Waals surface area contributed by atoms with Gasteiger partial charge in [0.25, 0.3) is 0 Å². The van der Waals surface area contributed by atoms with Crippen LogP contribution in [0.3, 0.4) is 0 Å². The summed E-state index contributed by atoms with van der Waals surface area (Å²) in [7, 11) is 1.37. The normalized spacial score (nSPS) is 20.5. The molecule has 0 amide bonds. The lowest BCUT2D eigenvalue weighted by Gasteiger charge is -2.21. The van der Waals surface area contributed by atoms with Crippen molar-refractivity contribution < 1.29 is 9.53 Å². The molecule has 2 nitrogen and oxygen atoms in total. The van der Waals surface area contributed by atoms with Gasteiger partial charge in [-0.15, -0.1) is 0 Å². The SMILES string of the molecule is COC(=O)c1ccc(C#CC#C[C@H]2CC[C@@H](C)CC2)cc1. The van der Waals surface area contributed by atoms with Crippen LogP contribution in [0.25, 0.3) is 0 Å². The first-order valence-corrected chi connectivity index (χ1v) is 7.39. The van der Waals surface area contributed by atoms with Crippen molar-refractivity contribution in [2.75, 3.05) is 7.11 Å². The van der Waals surface area contributed by atoms with Gasteiger partial charge in [-0.2, -0.15) is 0 Å². The van der Waals surface area contributed by atoms with Crippen LogP contribution in [0.2, 0.25) is 0 Å². The van der Waals surface area contributed by atoms with Crippen LogP contribution in [0.15, 0.2) is 24.3 Å². The van der Waals surface area contributed by atoms with Crippen LogP contribution < -0.4 is 0 Å². The van der Waals surface area contributed by atoms with Crippen molar-refractivity contribution in [1.82, 2.24) is 0 Å². The van der Waals surface area contributed by atoms with Crippen molar-refractivity contribution in [3.05, 3.63) is 35.4 Å². The van der Waals surface area contributed by atoms with Crippen LogP contribution >= 0.6 is 0 Å². The number of benzene rings is 1. The fourth-order valence-electron chi connectivity index (χ4n) is 2.45. The molecule has 1 aliphatic rings. The first-order chi connectivity index (χ1) is 10.2. The molecule has 0 spiro atoms. The summed E-state index contributed by atoms with van der Waals surface area (Å²) in [6, 6.07) is 7.05. The molecule has 0 heterocycles. The van der Waals surface area contributed by atoms with Crippen LogP contribution in [0, 0.1) is 35.5 Å². The zero-order valence-corrected chi connectivity index (χ0v) is 12.6. The van der Waals surface area contributed by atoms with Crippen molar-refractivity contribution in [3.63, 3.8) is 0 Å². The average Bonchev–Trinajstić information content (AvgIpc) is 2.53. The van der Waals surface area contributed by atoms with Gasteiger partial charge in [0.05, 0.1) is 12.7 Å². The van der Waals surface area contributed by atoms with E-state index in [0.717, 1.165) is 11.5 Å². The predicted octanol–water partition coefficient (Wildman–Crippen LogP) is 3.65. The molecule has 1 aromatic rings. The molecule has 21 heavy (non-hydrogen) atoms. The third-order valence-electron chi connectivity index (χ3n) is 3.87. The van der Waals surface area contributed by atoms with Gasteiger partial charge in [0.15, 0.2) is 0 Å². The smallest absolute Gasteiger partial charge is 0.337 e. The molecule has 108 valence electrons. The van der Waals surface area contributed by atoms with Gasteiger partial charge in [0, 0.05) is 11.5 Å². The quantitative estimate of drug-likeness (QED) is 0.580. The second-order valence-electron chi connectivity index (χ2n) is 5.55. The Morgan fingerprint density at radius 3 is 2.38 bits per heavy atom. The van der Waals surface area contributed by atoms with E-state index >= 15 is 0 Å². The second-order valence-corrected chi connectivity index (χ2v) is 5.55. The number of carbonyl (C=O) groups is 1. The Morgan fingerprint density at radius 1 is 1.10 bits per heavy atom. The largest absolute Gasteiger partial charge is 0.465 e. The van der Waals surface area contributed by atoms with Crippen LogP contribution in [-0.2, 0) is 4.74 Å². The zero-order valence-electron chi connectivity index (χ0n) is 12.6. The summed E-state index contributed by atoms with van der Waals surface area (Å²) in [5, 5.41) is 0. The maximum atomic E-state index is 11.3. The third kappa shape index (κ3) is 4.69. The molecule has 1 aliphatic carbocycles. The molecular weight excluding hydrogens is 260 g/mol. The molecule has 0 bridgehead atoms. The minimum atomic E-state index is -0.333. The molecule has 0 N–H and O–H groups in total. The molecule has 1 aromatic carbocycles. The Morgan fingerprint density at radius 2 is 1.76 bits per heavy atom. The van der Waals surface area contributed by atoms with Crippen LogP contribution in [0.1, 0.15) is 48.5 Å². The first kappa shape index (κ1) is 15.2. The molecule has 0 saturated heterocycles. The van der Waals surface area contributed by atoms with Gasteiger partial charge in [-0.25, -0.2) is 4.79 Å². The number of esters is 1. The fraction of sp³-hybridized carbons (Fsp3) is 0.421. The number of methoxy groups -OCH3 is 1. The summed E-state index contributed by atoms with van der Waals surface area (Å²) in [5.74, 6) is 13.1. The first-order valence-electron chi connectivity index (χ1n) is 7.39. The molecule has 1 fully saturated rings. The summed E-state index contributed by atoms with van der Waals surface area (Å²) in [4.78, 5) is 11.3. The monoisotopic (exact) mass is 280 g/mol. The van der Waals surface area contributed by atoms with Crippen molar-refractivity contribution in [3.8, 4) is 23.7 Å². The van der Waals surface area contributed by atoms with Crippen LogP contribution in [-0.4, -0.2) is 13.1 Å². The predicted molar refractivity (Wildman–Crippen MR) is 83.6 cm³/mol. The lowest BCUT2D eigenvalue weighted by atomic mass is 9.83. The van der Waals surface area contributed by atoms with E-state index in [1.165, 1.54) is 32.8 Å². The number of carbonyl (C=O) groups excluding carboxylic acids is 1. The lowest BCUT2D eigenvalue weighted by molar-refractivity contribution is 0.0601. The van der Waals surface area contributed by atoms with Gasteiger partial charge >= 0.3 is 5.97 Å². The Hall–Kier alpha value is -2.19. The van der Waals surface area contributed by atoms with E-state index in [4.69, 9.17) is 0 Å². The van der Waals surface area contributed by atoms with Gasteiger partial charge in [-0.05, 0) is 67.7 Å². The highest BCUT2D eigenvalue weighted by atomic mass is 16.5. The van der Waals surface area contributed by atoms with E-state index in [1.807, 2.05) is 12.1 Å². The summed E-state index contributed by atoms with van der Waals surface area (Å²) in [6.07, 6.45) is 4.96. The highest BCUT2D eigenvalue weighted by Crippen LogP contribution is 2.27. The molecule has 2 rings (SSSR count). The average molecular weight is 280 g/mol. The summed E-state index contributed by atoms with van der Waals surface area (Å²) < 4.78 is 4.65. The van der Waals surface area contributed by atoms with Crippen molar-refractivity contribution in [2.45, 2.75) is 32.6 Å². The molecular formula is C19H20O2. The lowest BCUT2D eigenvalue weighted by Crippen LogP contribution is -2.10. The number of rotatable bonds is 1. The minimum Gasteiger partial charge on any atom is -0.465 e. The maximum Gasteiger partial charge on any atom is 0.337 e. The molecule has 0 unspecified atom stereocenters. The Labute approximate surface area is 126 Å². The summed E-state index contributed by atoms with van der Waals surface area (Å²) >= 11 is 0. The van der Waals surface area contributed by atoms with Crippen molar-refractivity contribution in [1.29, 1.82) is 0 Å².